The van der Waals surface area contributed by atoms with E-state index in [0.717, 1.165) is 0 Å². The summed E-state index contributed by atoms with van der Waals surface area (Å²) in [6.45, 7) is 0.151. The third-order valence-corrected chi connectivity index (χ3v) is 3.22. The number of amides is 1. The summed E-state index contributed by atoms with van der Waals surface area (Å²) in [5.41, 5.74) is 0. The maximum absolute atomic E-state index is 13.5. The number of carbonyl (C=O) groups is 1. The molecule has 5 nitrogen and oxygen atoms in total. The van der Waals surface area contributed by atoms with E-state index in [1.165, 1.54) is 19.2 Å². The number of hydrogen-bond acceptors (Lipinski definition) is 4. The number of carbonyl (C=O) groups excluding carboxylic acids is 1. The van der Waals surface area contributed by atoms with E-state index in [9.17, 15) is 26.7 Å². The first kappa shape index (κ1) is 19.7. The molecule has 0 spiro atoms. The molecule has 0 saturated carbocycles. The maximum atomic E-state index is 13.5. The summed E-state index contributed by atoms with van der Waals surface area (Å²) in [6.07, 6.45) is 0.583. The van der Waals surface area contributed by atoms with Crippen LogP contribution in [0.1, 0.15) is 22.7 Å². The normalized spacial score (nSPS) is 10.8. The quantitative estimate of drug-likeness (QED) is 0.331. The zero-order valence-electron chi connectivity index (χ0n) is 13.5. The molecular weight excluding hydrogens is 365 g/mol. The van der Waals surface area contributed by atoms with Gasteiger partial charge in [0.1, 0.15) is 12.4 Å². The van der Waals surface area contributed by atoms with Gasteiger partial charge in [0.2, 0.25) is 29.1 Å². The average molecular weight is 379 g/mol. The fourth-order valence-electron chi connectivity index (χ4n) is 1.94. The first-order valence-corrected chi connectivity index (χ1v) is 7.36. The van der Waals surface area contributed by atoms with Gasteiger partial charge in [-0.2, -0.15) is 8.78 Å². The van der Waals surface area contributed by atoms with Gasteiger partial charge in [-0.3, -0.25) is 4.79 Å². The van der Waals surface area contributed by atoms with Crippen molar-refractivity contribution in [3.05, 3.63) is 52.7 Å². The molecule has 1 aromatic carbocycles. The van der Waals surface area contributed by atoms with Crippen LogP contribution >= 0.6 is 0 Å². The molecule has 0 radical (unpaired) electrons. The minimum absolute atomic E-state index is 0.0454. The van der Waals surface area contributed by atoms with E-state index < -0.39 is 47.3 Å². The van der Waals surface area contributed by atoms with Crippen molar-refractivity contribution in [3.63, 3.8) is 0 Å². The first-order chi connectivity index (χ1) is 12.4. The second-order valence-corrected chi connectivity index (χ2v) is 5.06. The molecule has 0 bridgehead atoms. The van der Waals surface area contributed by atoms with Crippen LogP contribution in [0, 0.1) is 29.1 Å². The Morgan fingerprint density at radius 3 is 2.27 bits per heavy atom. The van der Waals surface area contributed by atoms with E-state index >= 15 is 0 Å². The highest BCUT2D eigenvalue weighted by atomic mass is 19.2. The van der Waals surface area contributed by atoms with Gasteiger partial charge < -0.3 is 19.2 Å². The Kier molecular flexibility index (Phi) is 6.56. The Morgan fingerprint density at radius 1 is 1.04 bits per heavy atom. The second-order valence-electron chi connectivity index (χ2n) is 5.06. The summed E-state index contributed by atoms with van der Waals surface area (Å²) in [5, 5.41) is 2.55. The second kappa shape index (κ2) is 8.65. The molecule has 1 amide bonds. The molecule has 26 heavy (non-hydrogen) atoms. The Hall–Kier alpha value is -2.62. The van der Waals surface area contributed by atoms with Gasteiger partial charge in [0, 0.05) is 20.3 Å². The SMILES string of the molecule is COCCCNC(=O)c1ccc(COc2c(F)c(F)c(F)c(F)c2F)o1. The molecule has 0 aliphatic rings. The van der Waals surface area contributed by atoms with Crippen molar-refractivity contribution in [3.8, 4) is 5.75 Å². The van der Waals surface area contributed by atoms with E-state index in [0.29, 0.717) is 19.6 Å². The van der Waals surface area contributed by atoms with Gasteiger partial charge in [-0.05, 0) is 18.6 Å². The Morgan fingerprint density at radius 2 is 1.65 bits per heavy atom. The van der Waals surface area contributed by atoms with E-state index in [2.05, 4.69) is 10.1 Å². The molecule has 10 heteroatoms. The van der Waals surface area contributed by atoms with Crippen LogP contribution in [-0.4, -0.2) is 26.2 Å². The van der Waals surface area contributed by atoms with Crippen molar-refractivity contribution in [1.29, 1.82) is 0 Å². The van der Waals surface area contributed by atoms with E-state index in [-0.39, 0.29) is 11.5 Å². The number of nitrogens with one attached hydrogen (secondary N) is 1. The summed E-state index contributed by atoms with van der Waals surface area (Å²) in [7, 11) is 1.52. The highest BCUT2D eigenvalue weighted by Gasteiger charge is 2.27. The van der Waals surface area contributed by atoms with Gasteiger partial charge in [0.15, 0.2) is 11.5 Å². The van der Waals surface area contributed by atoms with Gasteiger partial charge in [0.25, 0.3) is 5.91 Å². The summed E-state index contributed by atoms with van der Waals surface area (Å²) in [4.78, 5) is 11.8. The third kappa shape index (κ3) is 4.31. The lowest BCUT2D eigenvalue weighted by Gasteiger charge is -2.09. The minimum atomic E-state index is -2.28. The smallest absolute Gasteiger partial charge is 0.286 e. The predicted octanol–water partition coefficient (Wildman–Crippen LogP) is 3.32. The lowest BCUT2D eigenvalue weighted by Crippen LogP contribution is -2.24. The number of benzene rings is 1. The minimum Gasteiger partial charge on any atom is -0.479 e. The zero-order chi connectivity index (χ0) is 19.3. The predicted molar refractivity (Wildman–Crippen MR) is 78.1 cm³/mol. The van der Waals surface area contributed by atoms with Gasteiger partial charge in [-0.15, -0.1) is 0 Å². The van der Waals surface area contributed by atoms with Gasteiger partial charge in [0.05, 0.1) is 0 Å². The average Bonchev–Trinajstić information content (AvgIpc) is 3.11. The fourth-order valence-corrected chi connectivity index (χ4v) is 1.94. The fraction of sp³-hybridized carbons (Fsp3) is 0.312. The lowest BCUT2D eigenvalue weighted by molar-refractivity contribution is 0.0916. The summed E-state index contributed by atoms with van der Waals surface area (Å²) in [6, 6.07) is 2.55. The van der Waals surface area contributed by atoms with Crippen molar-refractivity contribution in [2.24, 2.45) is 0 Å². The monoisotopic (exact) mass is 379 g/mol. The number of ether oxygens (including phenoxy) is 2. The van der Waals surface area contributed by atoms with Gasteiger partial charge in [-0.1, -0.05) is 0 Å². The van der Waals surface area contributed by atoms with Crippen LogP contribution in [0.15, 0.2) is 16.5 Å². The van der Waals surface area contributed by atoms with E-state index in [4.69, 9.17) is 9.15 Å². The lowest BCUT2D eigenvalue weighted by atomic mass is 10.2. The van der Waals surface area contributed by atoms with Crippen molar-refractivity contribution < 1.29 is 40.6 Å². The Bertz CT molecular complexity index is 764. The first-order valence-electron chi connectivity index (χ1n) is 7.36. The number of furan rings is 1. The molecule has 2 aromatic rings. The molecule has 0 atom stereocenters. The van der Waals surface area contributed by atoms with Crippen LogP contribution in [0.5, 0.6) is 5.75 Å². The van der Waals surface area contributed by atoms with Crippen LogP contribution in [0.4, 0.5) is 22.0 Å². The van der Waals surface area contributed by atoms with Gasteiger partial charge in [-0.25, -0.2) is 13.2 Å². The summed E-state index contributed by atoms with van der Waals surface area (Å²) < 4.78 is 80.7. The van der Waals surface area contributed by atoms with Gasteiger partial charge >= 0.3 is 0 Å². The van der Waals surface area contributed by atoms with E-state index in [1.807, 2.05) is 0 Å². The van der Waals surface area contributed by atoms with Crippen molar-refractivity contribution in [1.82, 2.24) is 5.32 Å². The summed E-state index contributed by atoms with van der Waals surface area (Å²) in [5.74, 6) is -12.8. The van der Waals surface area contributed by atoms with Crippen LogP contribution < -0.4 is 10.1 Å². The maximum Gasteiger partial charge on any atom is 0.286 e. The Balaban J connectivity index is 2.02. The Labute approximate surface area is 144 Å². The topological polar surface area (TPSA) is 60.7 Å². The number of halogens is 5. The molecule has 0 unspecified atom stereocenters. The zero-order valence-corrected chi connectivity index (χ0v) is 13.5. The molecule has 1 N–H and O–H groups in total. The van der Waals surface area contributed by atoms with Crippen LogP contribution in [-0.2, 0) is 11.3 Å². The molecule has 2 rings (SSSR count). The third-order valence-electron chi connectivity index (χ3n) is 3.22. The molecule has 142 valence electrons. The number of rotatable bonds is 8. The molecule has 0 saturated heterocycles. The van der Waals surface area contributed by atoms with Crippen LogP contribution in [0.3, 0.4) is 0 Å². The van der Waals surface area contributed by atoms with Crippen molar-refractivity contribution >= 4 is 5.91 Å². The number of methoxy groups -OCH3 is 1. The molecule has 0 fully saturated rings. The largest absolute Gasteiger partial charge is 0.479 e. The molecule has 0 aliphatic heterocycles. The van der Waals surface area contributed by atoms with Crippen molar-refractivity contribution in [2.45, 2.75) is 13.0 Å². The molecular formula is C16H14F5NO4. The molecule has 1 heterocycles. The highest BCUT2D eigenvalue weighted by Crippen LogP contribution is 2.29. The van der Waals surface area contributed by atoms with Crippen molar-refractivity contribution in [2.75, 3.05) is 20.3 Å². The number of hydrogen-bond donors (Lipinski definition) is 1. The molecule has 1 aromatic heterocycles. The van der Waals surface area contributed by atoms with Crippen LogP contribution in [0.2, 0.25) is 0 Å². The summed E-state index contributed by atoms with van der Waals surface area (Å²) >= 11 is 0. The van der Waals surface area contributed by atoms with E-state index in [1.54, 1.807) is 0 Å². The van der Waals surface area contributed by atoms with Crippen LogP contribution in [0.25, 0.3) is 0 Å². The standard InChI is InChI=1S/C16H14F5NO4/c1-24-6-2-5-22-16(23)9-4-3-8(26-9)7-25-15-13(20)11(18)10(17)12(19)14(15)21/h3-4H,2,5-7H2,1H3,(H,22,23). The molecule has 0 aliphatic carbocycles. The highest BCUT2D eigenvalue weighted by molar-refractivity contribution is 5.91.